The van der Waals surface area contributed by atoms with E-state index in [2.05, 4.69) is 10.3 Å². The standard InChI is InChI=1S/C10H13F3N2O/c1-7(6-16)15-5-8-2-3-14-9(4-8)10(11,12)13/h2-4,7,15-16H,5-6H2,1H3/t7-/m0/s1. The van der Waals surface area contributed by atoms with Gasteiger partial charge in [0.1, 0.15) is 5.69 Å². The van der Waals surface area contributed by atoms with Crippen molar-refractivity contribution in [2.24, 2.45) is 0 Å². The average molecular weight is 234 g/mol. The largest absolute Gasteiger partial charge is 0.433 e. The Kier molecular flexibility index (Phi) is 4.26. The highest BCUT2D eigenvalue weighted by molar-refractivity contribution is 5.18. The molecule has 0 saturated heterocycles. The number of pyridine rings is 1. The third-order valence-corrected chi connectivity index (χ3v) is 2.04. The smallest absolute Gasteiger partial charge is 0.395 e. The van der Waals surface area contributed by atoms with Crippen molar-refractivity contribution in [1.82, 2.24) is 10.3 Å². The Morgan fingerprint density at radius 2 is 2.19 bits per heavy atom. The van der Waals surface area contributed by atoms with Crippen LogP contribution in [-0.4, -0.2) is 22.7 Å². The van der Waals surface area contributed by atoms with E-state index < -0.39 is 11.9 Å². The van der Waals surface area contributed by atoms with E-state index in [1.165, 1.54) is 6.07 Å². The van der Waals surface area contributed by atoms with Crippen LogP contribution in [0.25, 0.3) is 0 Å². The van der Waals surface area contributed by atoms with Crippen LogP contribution < -0.4 is 5.32 Å². The minimum absolute atomic E-state index is 0.0583. The van der Waals surface area contributed by atoms with E-state index in [-0.39, 0.29) is 19.2 Å². The van der Waals surface area contributed by atoms with Crippen molar-refractivity contribution in [3.05, 3.63) is 29.6 Å². The van der Waals surface area contributed by atoms with Gasteiger partial charge in [-0.25, -0.2) is 0 Å². The maximum atomic E-state index is 12.3. The minimum Gasteiger partial charge on any atom is -0.395 e. The first kappa shape index (κ1) is 12.9. The van der Waals surface area contributed by atoms with E-state index in [4.69, 9.17) is 5.11 Å². The molecule has 1 rings (SSSR count). The lowest BCUT2D eigenvalue weighted by molar-refractivity contribution is -0.141. The third kappa shape index (κ3) is 3.79. The van der Waals surface area contributed by atoms with Crippen molar-refractivity contribution in [3.63, 3.8) is 0 Å². The molecule has 1 aromatic heterocycles. The first-order valence-corrected chi connectivity index (χ1v) is 4.80. The maximum Gasteiger partial charge on any atom is 0.433 e. The number of aromatic nitrogens is 1. The second-order valence-electron chi connectivity index (χ2n) is 3.51. The van der Waals surface area contributed by atoms with Crippen LogP contribution in [0.1, 0.15) is 18.2 Å². The van der Waals surface area contributed by atoms with Gasteiger partial charge in [-0.05, 0) is 24.6 Å². The van der Waals surface area contributed by atoms with E-state index >= 15 is 0 Å². The van der Waals surface area contributed by atoms with Crippen molar-refractivity contribution >= 4 is 0 Å². The number of aliphatic hydroxyl groups excluding tert-OH is 1. The Labute approximate surface area is 91.3 Å². The van der Waals surface area contributed by atoms with Crippen LogP contribution in [0, 0.1) is 0 Å². The van der Waals surface area contributed by atoms with Crippen molar-refractivity contribution in [2.75, 3.05) is 6.61 Å². The van der Waals surface area contributed by atoms with Gasteiger partial charge in [0, 0.05) is 18.8 Å². The lowest BCUT2D eigenvalue weighted by Gasteiger charge is -2.11. The highest BCUT2D eigenvalue weighted by Gasteiger charge is 2.32. The molecule has 0 amide bonds. The van der Waals surface area contributed by atoms with Gasteiger partial charge in [-0.2, -0.15) is 13.2 Å². The van der Waals surface area contributed by atoms with Gasteiger partial charge in [-0.1, -0.05) is 0 Å². The second kappa shape index (κ2) is 5.27. The van der Waals surface area contributed by atoms with Crippen molar-refractivity contribution < 1.29 is 18.3 Å². The number of aliphatic hydroxyl groups is 1. The molecule has 1 aromatic rings. The molecule has 0 aromatic carbocycles. The van der Waals surface area contributed by atoms with Gasteiger partial charge in [0.2, 0.25) is 0 Å². The van der Waals surface area contributed by atoms with Crippen LogP contribution in [0.2, 0.25) is 0 Å². The fraction of sp³-hybridized carbons (Fsp3) is 0.500. The minimum atomic E-state index is -4.42. The van der Waals surface area contributed by atoms with Gasteiger partial charge in [-0.3, -0.25) is 4.98 Å². The fourth-order valence-electron chi connectivity index (χ4n) is 1.10. The van der Waals surface area contributed by atoms with Crippen molar-refractivity contribution in [2.45, 2.75) is 25.7 Å². The quantitative estimate of drug-likeness (QED) is 0.831. The summed E-state index contributed by atoms with van der Waals surface area (Å²) in [5.74, 6) is 0. The molecule has 1 heterocycles. The van der Waals surface area contributed by atoms with E-state index in [1.54, 1.807) is 6.92 Å². The fourth-order valence-corrected chi connectivity index (χ4v) is 1.10. The first-order valence-electron chi connectivity index (χ1n) is 4.80. The van der Waals surface area contributed by atoms with Crippen LogP contribution in [0.15, 0.2) is 18.3 Å². The molecule has 3 nitrogen and oxygen atoms in total. The Morgan fingerprint density at radius 3 is 2.75 bits per heavy atom. The Hall–Kier alpha value is -1.14. The molecular weight excluding hydrogens is 221 g/mol. The molecule has 16 heavy (non-hydrogen) atoms. The summed E-state index contributed by atoms with van der Waals surface area (Å²) in [5.41, 5.74) is -0.411. The van der Waals surface area contributed by atoms with Crippen LogP contribution >= 0.6 is 0 Å². The molecule has 0 radical (unpaired) electrons. The molecular formula is C10H13F3N2O. The number of hydrogen-bond acceptors (Lipinski definition) is 3. The Balaban J connectivity index is 2.68. The highest BCUT2D eigenvalue weighted by atomic mass is 19.4. The summed E-state index contributed by atoms with van der Waals surface area (Å²) in [6.45, 7) is 1.95. The number of hydrogen-bond donors (Lipinski definition) is 2. The summed E-state index contributed by atoms with van der Waals surface area (Å²) in [5, 5.41) is 11.6. The molecule has 0 spiro atoms. The summed E-state index contributed by atoms with van der Waals surface area (Å²) in [4.78, 5) is 3.26. The lowest BCUT2D eigenvalue weighted by Crippen LogP contribution is -2.28. The Bertz CT molecular complexity index is 341. The number of nitrogens with zero attached hydrogens (tertiary/aromatic N) is 1. The summed E-state index contributed by atoms with van der Waals surface area (Å²) >= 11 is 0. The zero-order chi connectivity index (χ0) is 12.2. The summed E-state index contributed by atoms with van der Waals surface area (Å²) < 4.78 is 36.9. The van der Waals surface area contributed by atoms with Crippen molar-refractivity contribution in [1.29, 1.82) is 0 Å². The zero-order valence-electron chi connectivity index (χ0n) is 8.75. The topological polar surface area (TPSA) is 45.1 Å². The van der Waals surface area contributed by atoms with Crippen molar-refractivity contribution in [3.8, 4) is 0 Å². The van der Waals surface area contributed by atoms with Gasteiger partial charge >= 0.3 is 6.18 Å². The van der Waals surface area contributed by atoms with Gasteiger partial charge in [-0.15, -0.1) is 0 Å². The second-order valence-corrected chi connectivity index (χ2v) is 3.51. The van der Waals surface area contributed by atoms with Gasteiger partial charge in [0.15, 0.2) is 0 Å². The maximum absolute atomic E-state index is 12.3. The molecule has 0 fully saturated rings. The van der Waals surface area contributed by atoms with Gasteiger partial charge < -0.3 is 10.4 Å². The summed E-state index contributed by atoms with van der Waals surface area (Å²) in [7, 11) is 0. The van der Waals surface area contributed by atoms with Crippen LogP contribution in [0.3, 0.4) is 0 Å². The predicted octanol–water partition coefficient (Wildman–Crippen LogP) is 1.57. The average Bonchev–Trinajstić information content (AvgIpc) is 2.25. The van der Waals surface area contributed by atoms with Gasteiger partial charge in [0.25, 0.3) is 0 Å². The molecule has 0 saturated carbocycles. The monoisotopic (exact) mass is 234 g/mol. The summed E-state index contributed by atoms with van der Waals surface area (Å²) in [6.07, 6.45) is -3.29. The predicted molar refractivity (Wildman–Crippen MR) is 52.6 cm³/mol. The molecule has 6 heteroatoms. The lowest BCUT2D eigenvalue weighted by atomic mass is 10.2. The number of rotatable bonds is 4. The normalized spacial score (nSPS) is 13.8. The number of halogens is 3. The molecule has 0 bridgehead atoms. The first-order chi connectivity index (χ1) is 7.43. The SMILES string of the molecule is C[C@@H](CO)NCc1ccnc(C(F)(F)F)c1. The van der Waals surface area contributed by atoms with Gasteiger partial charge in [0.05, 0.1) is 6.61 Å². The molecule has 1 atom stereocenters. The number of alkyl halides is 3. The Morgan fingerprint density at radius 1 is 1.50 bits per heavy atom. The van der Waals surface area contributed by atoms with E-state index in [1.807, 2.05) is 0 Å². The van der Waals surface area contributed by atoms with Crippen LogP contribution in [0.5, 0.6) is 0 Å². The molecule has 2 N–H and O–H groups in total. The van der Waals surface area contributed by atoms with E-state index in [0.717, 1.165) is 12.3 Å². The third-order valence-electron chi connectivity index (χ3n) is 2.04. The van der Waals surface area contributed by atoms with E-state index in [0.29, 0.717) is 5.56 Å². The molecule has 0 aliphatic carbocycles. The zero-order valence-corrected chi connectivity index (χ0v) is 8.75. The molecule has 90 valence electrons. The van der Waals surface area contributed by atoms with Crippen LogP contribution in [0.4, 0.5) is 13.2 Å². The van der Waals surface area contributed by atoms with Crippen LogP contribution in [-0.2, 0) is 12.7 Å². The number of nitrogens with one attached hydrogen (secondary N) is 1. The molecule has 0 unspecified atom stereocenters. The van der Waals surface area contributed by atoms with E-state index in [9.17, 15) is 13.2 Å². The summed E-state index contributed by atoms with van der Waals surface area (Å²) in [6, 6.07) is 2.35. The molecule has 0 aliphatic heterocycles. The molecule has 0 aliphatic rings. The highest BCUT2D eigenvalue weighted by Crippen LogP contribution is 2.27.